The molecule has 1 heterocycles. The predicted octanol–water partition coefficient (Wildman–Crippen LogP) is 2.47. The molecule has 0 saturated heterocycles. The molecule has 0 saturated carbocycles. The van der Waals surface area contributed by atoms with Gasteiger partial charge in [0.1, 0.15) is 11.9 Å². The molecule has 8 nitrogen and oxygen atoms in total. The van der Waals surface area contributed by atoms with Crippen molar-refractivity contribution in [1.29, 1.82) is 0 Å². The second-order valence-electron chi connectivity index (χ2n) is 5.26. The summed E-state index contributed by atoms with van der Waals surface area (Å²) in [7, 11) is -2.87. The fourth-order valence-corrected chi connectivity index (χ4v) is 3.83. The first-order chi connectivity index (χ1) is 10.7. The lowest BCUT2D eigenvalue weighted by molar-refractivity contribution is -0.390. The summed E-state index contributed by atoms with van der Waals surface area (Å²) in [6, 6.07) is 4.78. The van der Waals surface area contributed by atoms with Crippen molar-refractivity contribution in [2.45, 2.75) is 31.6 Å². The van der Waals surface area contributed by atoms with E-state index in [1.165, 1.54) is 20.1 Å². The standard InChI is InChI=1S/C14H17N3O5S/c1-9(2)11-5-6-12(22-4)13(7-11)23(20,21)16-10(3)15-8-14(16)17(18)19/h5-9H,1-4H3. The van der Waals surface area contributed by atoms with Gasteiger partial charge >= 0.3 is 15.8 Å². The second kappa shape index (κ2) is 5.99. The lowest BCUT2D eigenvalue weighted by Crippen LogP contribution is -2.18. The van der Waals surface area contributed by atoms with E-state index in [-0.39, 0.29) is 22.4 Å². The van der Waals surface area contributed by atoms with Gasteiger partial charge in [-0.05, 0) is 28.5 Å². The molecule has 0 atom stereocenters. The lowest BCUT2D eigenvalue weighted by Gasteiger charge is -2.12. The number of nitrogens with zero attached hydrogens (tertiary/aromatic N) is 3. The Balaban J connectivity index is 2.77. The molecule has 124 valence electrons. The Labute approximate surface area is 133 Å². The third-order valence-electron chi connectivity index (χ3n) is 3.43. The number of imidazole rings is 1. The summed E-state index contributed by atoms with van der Waals surface area (Å²) in [5.41, 5.74) is 0.782. The van der Waals surface area contributed by atoms with Crippen molar-refractivity contribution in [3.8, 4) is 5.75 Å². The Kier molecular flexibility index (Phi) is 4.42. The van der Waals surface area contributed by atoms with Gasteiger partial charge in [-0.3, -0.25) is 0 Å². The molecule has 0 fully saturated rings. The van der Waals surface area contributed by atoms with Crippen molar-refractivity contribution in [2.24, 2.45) is 0 Å². The molecule has 0 aliphatic carbocycles. The summed E-state index contributed by atoms with van der Waals surface area (Å²) < 4.78 is 31.6. The molecule has 0 bridgehead atoms. The van der Waals surface area contributed by atoms with Crippen LogP contribution in [0.5, 0.6) is 5.75 Å². The van der Waals surface area contributed by atoms with Gasteiger partial charge in [-0.1, -0.05) is 23.9 Å². The van der Waals surface area contributed by atoms with E-state index >= 15 is 0 Å². The number of hydrogen-bond acceptors (Lipinski definition) is 6. The smallest absolute Gasteiger partial charge is 0.358 e. The van der Waals surface area contributed by atoms with Gasteiger partial charge in [0.05, 0.1) is 7.11 Å². The molecular formula is C14H17N3O5S. The van der Waals surface area contributed by atoms with Crippen molar-refractivity contribution in [3.05, 3.63) is 45.9 Å². The van der Waals surface area contributed by atoms with Crippen LogP contribution < -0.4 is 4.74 Å². The third kappa shape index (κ3) is 2.91. The van der Waals surface area contributed by atoms with Crippen molar-refractivity contribution < 1.29 is 18.1 Å². The van der Waals surface area contributed by atoms with E-state index < -0.39 is 20.8 Å². The minimum Gasteiger partial charge on any atom is -0.495 e. The number of benzene rings is 1. The summed E-state index contributed by atoms with van der Waals surface area (Å²) in [6.45, 7) is 5.23. The highest BCUT2D eigenvalue weighted by Crippen LogP contribution is 2.32. The van der Waals surface area contributed by atoms with Crippen LogP contribution in [0.1, 0.15) is 31.2 Å². The lowest BCUT2D eigenvalue weighted by atomic mass is 10.0. The van der Waals surface area contributed by atoms with E-state index in [0.717, 1.165) is 11.8 Å². The molecular weight excluding hydrogens is 322 g/mol. The number of aromatic nitrogens is 2. The van der Waals surface area contributed by atoms with Crippen LogP contribution >= 0.6 is 0 Å². The number of nitro groups is 1. The molecule has 0 N–H and O–H groups in total. The molecule has 9 heteroatoms. The fraction of sp³-hybridized carbons (Fsp3) is 0.357. The Morgan fingerprint density at radius 2 is 2.00 bits per heavy atom. The minimum atomic E-state index is -4.21. The quantitative estimate of drug-likeness (QED) is 0.612. The fourth-order valence-electron chi connectivity index (χ4n) is 2.19. The first-order valence-corrected chi connectivity index (χ1v) is 8.26. The van der Waals surface area contributed by atoms with Gasteiger partial charge in [0.25, 0.3) is 0 Å². The van der Waals surface area contributed by atoms with Crippen LogP contribution in [0.15, 0.2) is 29.3 Å². The van der Waals surface area contributed by atoms with Crippen LogP contribution in [0.2, 0.25) is 0 Å². The van der Waals surface area contributed by atoms with E-state index in [2.05, 4.69) is 4.98 Å². The normalized spacial score (nSPS) is 11.7. The van der Waals surface area contributed by atoms with Crippen molar-refractivity contribution in [3.63, 3.8) is 0 Å². The third-order valence-corrected chi connectivity index (χ3v) is 5.24. The maximum atomic E-state index is 12.9. The van der Waals surface area contributed by atoms with Gasteiger partial charge in [0, 0.05) is 6.92 Å². The highest BCUT2D eigenvalue weighted by molar-refractivity contribution is 7.90. The highest BCUT2D eigenvalue weighted by Gasteiger charge is 2.34. The number of methoxy groups -OCH3 is 1. The number of hydrogen-bond donors (Lipinski definition) is 0. The van der Waals surface area contributed by atoms with Crippen LogP contribution in [-0.2, 0) is 10.0 Å². The summed E-state index contributed by atoms with van der Waals surface area (Å²) in [6.07, 6.45) is 0.922. The van der Waals surface area contributed by atoms with E-state index in [4.69, 9.17) is 4.74 Å². The zero-order valence-corrected chi connectivity index (χ0v) is 14.0. The Bertz CT molecular complexity index is 855. The molecule has 23 heavy (non-hydrogen) atoms. The average molecular weight is 339 g/mol. The SMILES string of the molecule is COc1ccc(C(C)C)cc1S(=O)(=O)n1c([N+](=O)[O-])cnc1C. The van der Waals surface area contributed by atoms with Crippen LogP contribution in [0.3, 0.4) is 0 Å². The molecule has 1 aromatic carbocycles. The minimum absolute atomic E-state index is 0.00806. The van der Waals surface area contributed by atoms with E-state index in [0.29, 0.717) is 3.97 Å². The maximum Gasteiger partial charge on any atom is 0.358 e. The van der Waals surface area contributed by atoms with Crippen molar-refractivity contribution in [2.75, 3.05) is 7.11 Å². The van der Waals surface area contributed by atoms with Gasteiger partial charge in [0.2, 0.25) is 5.82 Å². The topological polar surface area (TPSA) is 104 Å². The highest BCUT2D eigenvalue weighted by atomic mass is 32.2. The Hall–Kier alpha value is -2.42. The van der Waals surface area contributed by atoms with E-state index in [1.54, 1.807) is 12.1 Å². The first-order valence-electron chi connectivity index (χ1n) is 6.82. The number of ether oxygens (including phenoxy) is 1. The summed E-state index contributed by atoms with van der Waals surface area (Å²) in [4.78, 5) is 13.9. The van der Waals surface area contributed by atoms with Gasteiger partial charge < -0.3 is 14.9 Å². The molecule has 0 spiro atoms. The second-order valence-corrected chi connectivity index (χ2v) is 7.01. The van der Waals surface area contributed by atoms with Gasteiger partial charge in [-0.25, -0.2) is 4.98 Å². The van der Waals surface area contributed by atoms with Gasteiger partial charge in [0.15, 0.2) is 4.90 Å². The molecule has 0 radical (unpaired) electrons. The van der Waals surface area contributed by atoms with Crippen LogP contribution in [0.4, 0.5) is 5.82 Å². The zero-order chi connectivity index (χ0) is 17.4. The summed E-state index contributed by atoms with van der Waals surface area (Å²) in [5, 5.41) is 11.1. The monoisotopic (exact) mass is 339 g/mol. The first kappa shape index (κ1) is 16.9. The molecule has 0 unspecified atom stereocenters. The number of rotatable bonds is 5. The molecule has 0 aliphatic rings. The Morgan fingerprint density at radius 3 is 2.52 bits per heavy atom. The molecule has 0 amide bonds. The van der Waals surface area contributed by atoms with Gasteiger partial charge in [-0.2, -0.15) is 8.42 Å². The Morgan fingerprint density at radius 1 is 1.35 bits per heavy atom. The maximum absolute atomic E-state index is 12.9. The summed E-state index contributed by atoms with van der Waals surface area (Å²) in [5.74, 6) is -0.390. The van der Waals surface area contributed by atoms with Crippen LogP contribution in [0.25, 0.3) is 0 Å². The predicted molar refractivity (Wildman–Crippen MR) is 83.3 cm³/mol. The molecule has 2 aromatic rings. The average Bonchev–Trinajstić information content (AvgIpc) is 2.89. The largest absolute Gasteiger partial charge is 0.495 e. The zero-order valence-electron chi connectivity index (χ0n) is 13.2. The van der Waals surface area contributed by atoms with Crippen molar-refractivity contribution >= 4 is 15.8 Å². The van der Waals surface area contributed by atoms with Gasteiger partial charge in [-0.15, -0.1) is 0 Å². The molecule has 1 aromatic heterocycles. The van der Waals surface area contributed by atoms with E-state index in [1.807, 2.05) is 13.8 Å². The van der Waals surface area contributed by atoms with E-state index in [9.17, 15) is 18.5 Å². The number of aryl methyl sites for hydroxylation is 1. The summed E-state index contributed by atoms with van der Waals surface area (Å²) >= 11 is 0. The van der Waals surface area contributed by atoms with Crippen molar-refractivity contribution in [1.82, 2.24) is 8.96 Å². The van der Waals surface area contributed by atoms with Crippen LogP contribution in [0, 0.1) is 17.0 Å². The molecule has 2 rings (SSSR count). The molecule has 0 aliphatic heterocycles. The van der Waals surface area contributed by atoms with Crippen LogP contribution in [-0.4, -0.2) is 29.4 Å².